The summed E-state index contributed by atoms with van der Waals surface area (Å²) in [4.78, 5) is 16.4. The molecule has 0 radical (unpaired) electrons. The van der Waals surface area contributed by atoms with Gasteiger partial charge in [0, 0.05) is 38.1 Å². The molecule has 2 heterocycles. The molecule has 0 bridgehead atoms. The molecule has 1 amide bonds. The SMILES string of the molecule is NCC1(C(=O)NCCc2cscn2)CCOCC1. The van der Waals surface area contributed by atoms with E-state index in [1.807, 2.05) is 5.38 Å². The van der Waals surface area contributed by atoms with Crippen LogP contribution in [0, 0.1) is 5.41 Å². The summed E-state index contributed by atoms with van der Waals surface area (Å²) in [5.74, 6) is 0.0588. The number of hydrogen-bond donors (Lipinski definition) is 2. The minimum atomic E-state index is -0.430. The second kappa shape index (κ2) is 6.26. The summed E-state index contributed by atoms with van der Waals surface area (Å²) in [6.07, 6.45) is 2.20. The fraction of sp³-hybridized carbons (Fsp3) is 0.667. The number of aromatic nitrogens is 1. The summed E-state index contributed by atoms with van der Waals surface area (Å²) < 4.78 is 5.30. The third-order valence-corrected chi connectivity index (χ3v) is 4.11. The highest BCUT2D eigenvalue weighted by Crippen LogP contribution is 2.29. The van der Waals surface area contributed by atoms with E-state index in [1.165, 1.54) is 0 Å². The summed E-state index contributed by atoms with van der Waals surface area (Å²) in [5, 5.41) is 4.97. The third kappa shape index (κ3) is 3.07. The van der Waals surface area contributed by atoms with Crippen LogP contribution in [0.4, 0.5) is 0 Å². The second-order valence-electron chi connectivity index (χ2n) is 4.58. The molecule has 1 aliphatic rings. The molecule has 1 fully saturated rings. The van der Waals surface area contributed by atoms with Crippen LogP contribution in [-0.4, -0.2) is 37.2 Å². The maximum Gasteiger partial charge on any atom is 0.227 e. The average Bonchev–Trinajstić information content (AvgIpc) is 2.92. The zero-order chi connectivity index (χ0) is 12.8. The number of ether oxygens (including phenoxy) is 1. The lowest BCUT2D eigenvalue weighted by molar-refractivity contribution is -0.135. The number of rotatable bonds is 5. The van der Waals surface area contributed by atoms with Crippen LogP contribution in [0.1, 0.15) is 18.5 Å². The first-order chi connectivity index (χ1) is 8.77. The lowest BCUT2D eigenvalue weighted by Crippen LogP contribution is -2.49. The quantitative estimate of drug-likeness (QED) is 0.818. The zero-order valence-corrected chi connectivity index (χ0v) is 11.2. The van der Waals surface area contributed by atoms with Gasteiger partial charge in [-0.05, 0) is 12.8 Å². The Morgan fingerprint density at radius 2 is 2.33 bits per heavy atom. The molecule has 0 aromatic carbocycles. The predicted octanol–water partition coefficient (Wildman–Crippen LogP) is 0.557. The van der Waals surface area contributed by atoms with Crippen molar-refractivity contribution in [3.05, 3.63) is 16.6 Å². The number of nitrogens with one attached hydrogen (secondary N) is 1. The second-order valence-corrected chi connectivity index (χ2v) is 5.30. The number of thiazole rings is 1. The standard InChI is InChI=1S/C12H19N3O2S/c13-8-12(2-5-17-6-3-12)11(16)14-4-1-10-7-18-9-15-10/h7,9H,1-6,8,13H2,(H,14,16). The smallest absolute Gasteiger partial charge is 0.227 e. The van der Waals surface area contributed by atoms with Crippen molar-refractivity contribution in [2.24, 2.45) is 11.1 Å². The topological polar surface area (TPSA) is 77.2 Å². The van der Waals surface area contributed by atoms with Crippen LogP contribution in [0.15, 0.2) is 10.9 Å². The molecule has 0 atom stereocenters. The van der Waals surface area contributed by atoms with Crippen LogP contribution >= 0.6 is 11.3 Å². The Hall–Kier alpha value is -0.980. The van der Waals surface area contributed by atoms with E-state index >= 15 is 0 Å². The molecule has 18 heavy (non-hydrogen) atoms. The molecule has 1 aromatic rings. The van der Waals surface area contributed by atoms with Gasteiger partial charge in [0.05, 0.1) is 16.6 Å². The predicted molar refractivity (Wildman–Crippen MR) is 70.4 cm³/mol. The summed E-state index contributed by atoms with van der Waals surface area (Å²) >= 11 is 1.57. The number of nitrogens with two attached hydrogens (primary N) is 1. The van der Waals surface area contributed by atoms with Crippen molar-refractivity contribution in [1.82, 2.24) is 10.3 Å². The van der Waals surface area contributed by atoms with E-state index in [0.29, 0.717) is 39.1 Å². The molecule has 0 unspecified atom stereocenters. The maximum absolute atomic E-state index is 12.2. The van der Waals surface area contributed by atoms with E-state index in [0.717, 1.165) is 12.1 Å². The maximum atomic E-state index is 12.2. The van der Waals surface area contributed by atoms with Crippen LogP contribution in [0.3, 0.4) is 0 Å². The van der Waals surface area contributed by atoms with Crippen molar-refractivity contribution in [1.29, 1.82) is 0 Å². The van der Waals surface area contributed by atoms with Gasteiger partial charge in [-0.15, -0.1) is 11.3 Å². The summed E-state index contributed by atoms with van der Waals surface area (Å²) in [6, 6.07) is 0. The van der Waals surface area contributed by atoms with E-state index in [4.69, 9.17) is 10.5 Å². The van der Waals surface area contributed by atoms with Crippen molar-refractivity contribution in [2.75, 3.05) is 26.3 Å². The Bertz CT molecular complexity index is 375. The van der Waals surface area contributed by atoms with Crippen LogP contribution in [0.25, 0.3) is 0 Å². The van der Waals surface area contributed by atoms with Gasteiger partial charge in [-0.2, -0.15) is 0 Å². The fourth-order valence-electron chi connectivity index (χ4n) is 2.14. The van der Waals surface area contributed by atoms with Gasteiger partial charge in [-0.25, -0.2) is 4.98 Å². The van der Waals surface area contributed by atoms with Crippen molar-refractivity contribution in [3.63, 3.8) is 0 Å². The lowest BCUT2D eigenvalue weighted by atomic mass is 9.79. The van der Waals surface area contributed by atoms with Crippen molar-refractivity contribution in [2.45, 2.75) is 19.3 Å². The molecular weight excluding hydrogens is 250 g/mol. The van der Waals surface area contributed by atoms with E-state index in [2.05, 4.69) is 10.3 Å². The molecule has 1 saturated heterocycles. The molecular formula is C12H19N3O2S. The highest BCUT2D eigenvalue weighted by atomic mass is 32.1. The molecule has 1 aliphatic heterocycles. The largest absolute Gasteiger partial charge is 0.381 e. The minimum Gasteiger partial charge on any atom is -0.381 e. The summed E-state index contributed by atoms with van der Waals surface area (Å²) in [7, 11) is 0. The van der Waals surface area contributed by atoms with E-state index in [9.17, 15) is 4.79 Å². The number of nitrogens with zero attached hydrogens (tertiary/aromatic N) is 1. The molecule has 3 N–H and O–H groups in total. The van der Waals surface area contributed by atoms with Crippen LogP contribution in [-0.2, 0) is 16.0 Å². The van der Waals surface area contributed by atoms with Gasteiger partial charge in [0.25, 0.3) is 0 Å². The Morgan fingerprint density at radius 1 is 1.56 bits per heavy atom. The highest BCUT2D eigenvalue weighted by Gasteiger charge is 2.38. The van der Waals surface area contributed by atoms with Gasteiger partial charge in [-0.1, -0.05) is 0 Å². The first-order valence-corrected chi connectivity index (χ1v) is 7.14. The first kappa shape index (κ1) is 13.5. The van der Waals surface area contributed by atoms with Crippen molar-refractivity contribution >= 4 is 17.2 Å². The van der Waals surface area contributed by atoms with E-state index in [-0.39, 0.29) is 5.91 Å². The molecule has 0 spiro atoms. The van der Waals surface area contributed by atoms with Crippen molar-refractivity contribution in [3.8, 4) is 0 Å². The Balaban J connectivity index is 1.82. The highest BCUT2D eigenvalue weighted by molar-refractivity contribution is 7.07. The van der Waals surface area contributed by atoms with Crippen molar-refractivity contribution < 1.29 is 9.53 Å². The first-order valence-electron chi connectivity index (χ1n) is 6.20. The zero-order valence-electron chi connectivity index (χ0n) is 10.4. The fourth-order valence-corrected chi connectivity index (χ4v) is 2.73. The number of amides is 1. The van der Waals surface area contributed by atoms with Crippen LogP contribution in [0.5, 0.6) is 0 Å². The van der Waals surface area contributed by atoms with Gasteiger partial charge in [-0.3, -0.25) is 4.79 Å². The Labute approximate surface area is 111 Å². The molecule has 100 valence electrons. The normalized spacial score (nSPS) is 18.5. The van der Waals surface area contributed by atoms with Gasteiger partial charge < -0.3 is 15.8 Å². The van der Waals surface area contributed by atoms with Crippen LogP contribution < -0.4 is 11.1 Å². The molecule has 0 saturated carbocycles. The lowest BCUT2D eigenvalue weighted by Gasteiger charge is -2.34. The Kier molecular flexibility index (Phi) is 4.68. The minimum absolute atomic E-state index is 0.0588. The average molecular weight is 269 g/mol. The van der Waals surface area contributed by atoms with Gasteiger partial charge in [0.2, 0.25) is 5.91 Å². The summed E-state index contributed by atoms with van der Waals surface area (Å²) in [5.41, 5.74) is 8.17. The van der Waals surface area contributed by atoms with Gasteiger partial charge in [0.15, 0.2) is 0 Å². The monoisotopic (exact) mass is 269 g/mol. The number of hydrogen-bond acceptors (Lipinski definition) is 5. The third-order valence-electron chi connectivity index (χ3n) is 3.47. The van der Waals surface area contributed by atoms with Crippen LogP contribution in [0.2, 0.25) is 0 Å². The molecule has 2 rings (SSSR count). The number of carbonyl (C=O) groups is 1. The van der Waals surface area contributed by atoms with Gasteiger partial charge in [0.1, 0.15) is 0 Å². The van der Waals surface area contributed by atoms with E-state index in [1.54, 1.807) is 16.8 Å². The number of carbonyl (C=O) groups excluding carboxylic acids is 1. The van der Waals surface area contributed by atoms with Gasteiger partial charge >= 0.3 is 0 Å². The molecule has 6 heteroatoms. The Morgan fingerprint density at radius 3 is 2.94 bits per heavy atom. The van der Waals surface area contributed by atoms with E-state index < -0.39 is 5.41 Å². The summed E-state index contributed by atoms with van der Waals surface area (Å²) in [6.45, 7) is 2.25. The molecule has 0 aliphatic carbocycles. The molecule has 5 nitrogen and oxygen atoms in total. The molecule has 1 aromatic heterocycles.